The van der Waals surface area contributed by atoms with Gasteiger partial charge >= 0.3 is 0 Å². The van der Waals surface area contributed by atoms with E-state index in [-0.39, 0.29) is 24.2 Å². The predicted octanol–water partition coefficient (Wildman–Crippen LogP) is 0.329. The highest BCUT2D eigenvalue weighted by Gasteiger charge is 2.24. The van der Waals surface area contributed by atoms with Crippen LogP contribution in [0.1, 0.15) is 19.3 Å². The van der Waals surface area contributed by atoms with Gasteiger partial charge in [0.25, 0.3) is 0 Å². The third kappa shape index (κ3) is 5.10. The van der Waals surface area contributed by atoms with E-state index in [0.29, 0.717) is 6.10 Å². The van der Waals surface area contributed by atoms with E-state index >= 15 is 0 Å². The Hall–Kier alpha value is -0.360. The second kappa shape index (κ2) is 8.69. The van der Waals surface area contributed by atoms with Crippen LogP contribution in [0.15, 0.2) is 0 Å². The monoisotopic (exact) mass is 278 g/mol. The van der Waals surface area contributed by atoms with Crippen LogP contribution < -0.4 is 10.6 Å². The Balaban J connectivity index is 0.00000162. The van der Waals surface area contributed by atoms with Gasteiger partial charge < -0.3 is 20.1 Å². The fourth-order valence-electron chi connectivity index (χ4n) is 1.99. The number of ether oxygens (including phenoxy) is 2. The summed E-state index contributed by atoms with van der Waals surface area (Å²) in [7, 11) is 0. The molecule has 0 bridgehead atoms. The van der Waals surface area contributed by atoms with Gasteiger partial charge in [-0.15, -0.1) is 12.4 Å². The summed E-state index contributed by atoms with van der Waals surface area (Å²) in [4.78, 5) is 11.5. The minimum atomic E-state index is 0. The van der Waals surface area contributed by atoms with Gasteiger partial charge in [0.1, 0.15) is 0 Å². The third-order valence-electron chi connectivity index (χ3n) is 3.29. The zero-order valence-electron chi connectivity index (χ0n) is 10.7. The lowest BCUT2D eigenvalue weighted by atomic mass is 10.0. The first-order chi connectivity index (χ1) is 8.36. The smallest absolute Gasteiger partial charge is 0.225 e. The normalized spacial score (nSPS) is 20.9. The fraction of sp³-hybridized carbons (Fsp3) is 0.917. The lowest BCUT2D eigenvalue weighted by Crippen LogP contribution is -2.50. The molecule has 0 atom stereocenters. The van der Waals surface area contributed by atoms with Crippen molar-refractivity contribution in [2.75, 3.05) is 39.5 Å². The van der Waals surface area contributed by atoms with Crippen LogP contribution in [0.3, 0.4) is 0 Å². The van der Waals surface area contributed by atoms with E-state index in [2.05, 4.69) is 10.6 Å². The van der Waals surface area contributed by atoms with Gasteiger partial charge in [0.05, 0.1) is 12.0 Å². The second-order valence-corrected chi connectivity index (χ2v) is 4.68. The zero-order chi connectivity index (χ0) is 11.9. The number of halogens is 1. The largest absolute Gasteiger partial charge is 0.381 e. The van der Waals surface area contributed by atoms with Crippen molar-refractivity contribution < 1.29 is 14.3 Å². The van der Waals surface area contributed by atoms with Crippen LogP contribution in [0.2, 0.25) is 0 Å². The summed E-state index contributed by atoms with van der Waals surface area (Å²) in [6.45, 7) is 4.73. The first kappa shape index (κ1) is 15.7. The predicted molar refractivity (Wildman–Crippen MR) is 71.0 cm³/mol. The number of rotatable bonds is 6. The maximum atomic E-state index is 11.5. The van der Waals surface area contributed by atoms with Gasteiger partial charge in [-0.2, -0.15) is 0 Å². The van der Waals surface area contributed by atoms with E-state index in [1.165, 1.54) is 0 Å². The van der Waals surface area contributed by atoms with Crippen molar-refractivity contribution in [1.29, 1.82) is 0 Å². The van der Waals surface area contributed by atoms with E-state index in [9.17, 15) is 4.79 Å². The molecule has 2 saturated heterocycles. The van der Waals surface area contributed by atoms with E-state index in [0.717, 1.165) is 58.7 Å². The highest BCUT2D eigenvalue weighted by atomic mass is 35.5. The molecule has 5 nitrogen and oxygen atoms in total. The number of hydrogen-bond donors (Lipinski definition) is 2. The molecule has 106 valence electrons. The Labute approximate surface area is 114 Å². The quantitative estimate of drug-likeness (QED) is 0.688. The maximum Gasteiger partial charge on any atom is 0.225 e. The summed E-state index contributed by atoms with van der Waals surface area (Å²) in [6, 6.07) is 0. The van der Waals surface area contributed by atoms with Gasteiger partial charge in [0.2, 0.25) is 5.91 Å². The molecule has 2 N–H and O–H groups in total. The first-order valence-electron chi connectivity index (χ1n) is 6.54. The van der Waals surface area contributed by atoms with Crippen molar-refractivity contribution in [3.8, 4) is 0 Å². The van der Waals surface area contributed by atoms with Crippen molar-refractivity contribution in [3.63, 3.8) is 0 Å². The molecule has 0 aromatic carbocycles. The molecule has 6 heteroatoms. The Morgan fingerprint density at radius 3 is 2.67 bits per heavy atom. The number of nitrogens with one attached hydrogen (secondary N) is 2. The van der Waals surface area contributed by atoms with Gasteiger partial charge in [-0.25, -0.2) is 0 Å². The first-order valence-corrected chi connectivity index (χ1v) is 6.54. The molecule has 0 spiro atoms. The van der Waals surface area contributed by atoms with Gasteiger partial charge in [-0.3, -0.25) is 4.79 Å². The molecule has 0 aromatic rings. The number of amides is 1. The standard InChI is InChI=1S/C12H22N2O3.ClH/c15-12(10-8-13-9-10)14-4-1-5-17-11-2-6-16-7-3-11;/h10-11,13H,1-9H2,(H,14,15);1H. The molecular weight excluding hydrogens is 256 g/mol. The second-order valence-electron chi connectivity index (χ2n) is 4.68. The lowest BCUT2D eigenvalue weighted by molar-refractivity contribution is -0.126. The summed E-state index contributed by atoms with van der Waals surface area (Å²) in [5.74, 6) is 0.362. The molecule has 2 rings (SSSR count). The van der Waals surface area contributed by atoms with Crippen LogP contribution >= 0.6 is 12.4 Å². The van der Waals surface area contributed by atoms with E-state index in [1.807, 2.05) is 0 Å². The van der Waals surface area contributed by atoms with E-state index < -0.39 is 0 Å². The SMILES string of the molecule is Cl.O=C(NCCCOC1CCOCC1)C1CNC1. The van der Waals surface area contributed by atoms with Crippen LogP contribution in [-0.2, 0) is 14.3 Å². The molecule has 2 fully saturated rings. The summed E-state index contributed by atoms with van der Waals surface area (Å²) in [5.41, 5.74) is 0. The average molecular weight is 279 g/mol. The highest BCUT2D eigenvalue weighted by molar-refractivity contribution is 5.85. The van der Waals surface area contributed by atoms with Gasteiger partial charge in [0.15, 0.2) is 0 Å². The fourth-order valence-corrected chi connectivity index (χ4v) is 1.99. The van der Waals surface area contributed by atoms with Crippen molar-refractivity contribution >= 4 is 18.3 Å². The minimum absolute atomic E-state index is 0. The average Bonchev–Trinajstić information content (AvgIpc) is 2.27. The van der Waals surface area contributed by atoms with Crippen molar-refractivity contribution in [3.05, 3.63) is 0 Å². The van der Waals surface area contributed by atoms with E-state index in [4.69, 9.17) is 9.47 Å². The number of carbonyl (C=O) groups excluding carboxylic acids is 1. The summed E-state index contributed by atoms with van der Waals surface area (Å²) in [5, 5.41) is 6.03. The molecule has 2 aliphatic heterocycles. The molecule has 0 aliphatic carbocycles. The molecule has 0 saturated carbocycles. The molecule has 2 aliphatic rings. The van der Waals surface area contributed by atoms with Crippen LogP contribution in [-0.4, -0.2) is 51.5 Å². The Morgan fingerprint density at radius 2 is 2.06 bits per heavy atom. The van der Waals surface area contributed by atoms with Gasteiger partial charge in [0, 0.05) is 39.5 Å². The molecule has 0 unspecified atom stereocenters. The highest BCUT2D eigenvalue weighted by Crippen LogP contribution is 2.10. The Morgan fingerprint density at radius 1 is 1.33 bits per heavy atom. The van der Waals surface area contributed by atoms with Crippen molar-refractivity contribution in [2.24, 2.45) is 5.92 Å². The number of carbonyl (C=O) groups is 1. The number of hydrogen-bond acceptors (Lipinski definition) is 4. The van der Waals surface area contributed by atoms with Gasteiger partial charge in [-0.1, -0.05) is 0 Å². The van der Waals surface area contributed by atoms with Crippen LogP contribution in [0.5, 0.6) is 0 Å². The van der Waals surface area contributed by atoms with E-state index in [1.54, 1.807) is 0 Å². The zero-order valence-corrected chi connectivity index (χ0v) is 11.5. The summed E-state index contributed by atoms with van der Waals surface area (Å²) < 4.78 is 11.0. The van der Waals surface area contributed by atoms with Crippen LogP contribution in [0.25, 0.3) is 0 Å². The Bertz CT molecular complexity index is 243. The molecule has 18 heavy (non-hydrogen) atoms. The molecule has 2 heterocycles. The molecule has 1 amide bonds. The molecule has 0 radical (unpaired) electrons. The van der Waals surface area contributed by atoms with Crippen molar-refractivity contribution in [2.45, 2.75) is 25.4 Å². The summed E-state index contributed by atoms with van der Waals surface area (Å²) in [6.07, 6.45) is 3.25. The lowest BCUT2D eigenvalue weighted by Gasteiger charge is -2.26. The molecular formula is C12H23ClN2O3. The summed E-state index contributed by atoms with van der Waals surface area (Å²) >= 11 is 0. The molecule has 0 aromatic heterocycles. The Kier molecular flexibility index (Phi) is 7.58. The van der Waals surface area contributed by atoms with Crippen LogP contribution in [0.4, 0.5) is 0 Å². The maximum absolute atomic E-state index is 11.5. The van der Waals surface area contributed by atoms with Gasteiger partial charge in [-0.05, 0) is 19.3 Å². The topological polar surface area (TPSA) is 59.6 Å². The third-order valence-corrected chi connectivity index (χ3v) is 3.29. The van der Waals surface area contributed by atoms with Crippen molar-refractivity contribution in [1.82, 2.24) is 10.6 Å². The minimum Gasteiger partial charge on any atom is -0.381 e. The van der Waals surface area contributed by atoms with Crippen LogP contribution in [0, 0.1) is 5.92 Å².